The third kappa shape index (κ3) is 5.70. The summed E-state index contributed by atoms with van der Waals surface area (Å²) in [6.07, 6.45) is -10.3. The molecule has 7 rings (SSSR count). The molecule has 2 aliphatic carbocycles. The smallest absolute Gasteiger partial charge is 0.403 e. The predicted octanol–water partition coefficient (Wildman–Crippen LogP) is 10.8. The standard InChI is InChI=1S/C38H12F8N4O2S/c39-33-21(3-1-5-27(33)51-37(41,42)43)17-7-9-23-25(11-17)29(19(13-47)14-48)35-31(23)32-24-10-8-18(12-26(24)30(36(32)53-35)20(15-49)16-50)22-4-2-6-28(34(22)40)52-38(44,45)46/h1-12H. The Morgan fingerprint density at radius 3 is 1.23 bits per heavy atom. The SMILES string of the molecule is N#CC(C#N)=C1c2cc(-c3cccc(OC(F)(F)F)c3F)ccc2-c2c1sc1c2-c2ccc(-c3cccc(OC(F)(F)F)c3F)cc2C1=C(C#N)C#N. The summed E-state index contributed by atoms with van der Waals surface area (Å²) in [6.45, 7) is 0. The van der Waals surface area contributed by atoms with Gasteiger partial charge in [-0.2, -0.15) is 21.0 Å². The summed E-state index contributed by atoms with van der Waals surface area (Å²) in [5.74, 6) is -4.76. The molecule has 15 heteroatoms. The van der Waals surface area contributed by atoms with Gasteiger partial charge in [-0.15, -0.1) is 37.7 Å². The van der Waals surface area contributed by atoms with Gasteiger partial charge in [0.05, 0.1) is 0 Å². The second-order valence-corrected chi connectivity index (χ2v) is 12.3. The maximum absolute atomic E-state index is 15.4. The largest absolute Gasteiger partial charge is 0.573 e. The van der Waals surface area contributed by atoms with Crippen LogP contribution in [0, 0.1) is 57.0 Å². The molecule has 4 aromatic carbocycles. The zero-order valence-corrected chi connectivity index (χ0v) is 26.8. The van der Waals surface area contributed by atoms with Gasteiger partial charge in [-0.05, 0) is 57.6 Å². The predicted molar refractivity (Wildman–Crippen MR) is 174 cm³/mol. The van der Waals surface area contributed by atoms with Crippen molar-refractivity contribution in [2.24, 2.45) is 0 Å². The molecule has 0 bridgehead atoms. The molecule has 5 aromatic rings. The first kappa shape index (κ1) is 34.5. The molecule has 0 saturated heterocycles. The summed E-state index contributed by atoms with van der Waals surface area (Å²) in [5, 5.41) is 39.9. The van der Waals surface area contributed by atoms with Gasteiger partial charge in [-0.3, -0.25) is 0 Å². The number of alkyl halides is 6. The highest BCUT2D eigenvalue weighted by atomic mass is 32.1. The van der Waals surface area contributed by atoms with Crippen molar-refractivity contribution in [1.82, 2.24) is 0 Å². The Kier molecular flexibility index (Phi) is 8.06. The number of fused-ring (bicyclic) bond motifs is 7. The summed E-state index contributed by atoms with van der Waals surface area (Å²) in [6, 6.07) is 22.5. The number of hydrogen-bond acceptors (Lipinski definition) is 7. The summed E-state index contributed by atoms with van der Waals surface area (Å²) >= 11 is 1.03. The van der Waals surface area contributed by atoms with E-state index in [0.29, 0.717) is 32.0 Å². The van der Waals surface area contributed by atoms with Crippen LogP contribution in [0.25, 0.3) is 55.7 Å². The minimum atomic E-state index is -5.17. The maximum Gasteiger partial charge on any atom is 0.573 e. The number of thiophene rings is 1. The molecule has 0 atom stereocenters. The van der Waals surface area contributed by atoms with Crippen molar-refractivity contribution in [1.29, 1.82) is 21.0 Å². The molecule has 0 amide bonds. The molecule has 0 radical (unpaired) electrons. The lowest BCUT2D eigenvalue weighted by Gasteiger charge is -2.13. The lowest BCUT2D eigenvalue weighted by molar-refractivity contribution is -0.276. The number of allylic oxidation sites excluding steroid dienone is 2. The van der Waals surface area contributed by atoms with Crippen molar-refractivity contribution in [3.05, 3.63) is 116 Å². The first-order chi connectivity index (χ1) is 25.2. The van der Waals surface area contributed by atoms with E-state index < -0.39 is 35.9 Å². The third-order valence-corrected chi connectivity index (χ3v) is 9.65. The van der Waals surface area contributed by atoms with Crippen LogP contribution in [0.4, 0.5) is 35.1 Å². The number of ether oxygens (including phenoxy) is 2. The zero-order chi connectivity index (χ0) is 38.0. The van der Waals surface area contributed by atoms with Gasteiger partial charge in [0, 0.05) is 43.2 Å². The van der Waals surface area contributed by atoms with E-state index >= 15 is 8.78 Å². The second kappa shape index (κ2) is 12.4. The monoisotopic (exact) mass is 740 g/mol. The van der Waals surface area contributed by atoms with Crippen molar-refractivity contribution in [2.45, 2.75) is 12.7 Å². The summed E-state index contributed by atoms with van der Waals surface area (Å²) < 4.78 is 116. The number of nitrogens with zero attached hydrogens (tertiary/aromatic N) is 4. The fraction of sp³-hybridized carbons (Fsp3) is 0.0526. The first-order valence-electron chi connectivity index (χ1n) is 14.8. The van der Waals surface area contributed by atoms with Gasteiger partial charge >= 0.3 is 12.7 Å². The molecule has 0 saturated carbocycles. The van der Waals surface area contributed by atoms with Crippen molar-refractivity contribution >= 4 is 22.5 Å². The van der Waals surface area contributed by atoms with Crippen LogP contribution in [0.2, 0.25) is 0 Å². The summed E-state index contributed by atoms with van der Waals surface area (Å²) in [7, 11) is 0. The van der Waals surface area contributed by atoms with Gasteiger partial charge in [0.25, 0.3) is 0 Å². The van der Waals surface area contributed by atoms with Crippen LogP contribution < -0.4 is 9.47 Å². The maximum atomic E-state index is 15.4. The minimum Gasteiger partial charge on any atom is -0.403 e. The quantitative estimate of drug-likeness (QED) is 0.131. The van der Waals surface area contributed by atoms with E-state index in [9.17, 15) is 47.4 Å². The third-order valence-electron chi connectivity index (χ3n) is 8.43. The number of rotatable bonds is 4. The highest BCUT2D eigenvalue weighted by Crippen LogP contribution is 2.62. The van der Waals surface area contributed by atoms with Crippen LogP contribution >= 0.6 is 11.3 Å². The molecule has 1 aromatic heterocycles. The van der Waals surface area contributed by atoms with Gasteiger partial charge in [-0.1, -0.05) is 48.5 Å². The Morgan fingerprint density at radius 2 is 0.887 bits per heavy atom. The van der Waals surface area contributed by atoms with Crippen LogP contribution in [0.1, 0.15) is 20.9 Å². The number of halogens is 8. The molecule has 258 valence electrons. The number of hydrogen-bond donors (Lipinski definition) is 0. The summed E-state index contributed by atoms with van der Waals surface area (Å²) in [5.41, 5.74) is 1.52. The van der Waals surface area contributed by atoms with Crippen LogP contribution in [0.15, 0.2) is 83.9 Å². The Hall–Kier alpha value is -6.94. The highest BCUT2D eigenvalue weighted by Gasteiger charge is 2.40. The van der Waals surface area contributed by atoms with E-state index in [0.717, 1.165) is 35.6 Å². The van der Waals surface area contributed by atoms with Crippen LogP contribution in [0.5, 0.6) is 11.5 Å². The van der Waals surface area contributed by atoms with Crippen LogP contribution in [-0.4, -0.2) is 12.7 Å². The Balaban J connectivity index is 1.45. The van der Waals surface area contributed by atoms with Gasteiger partial charge in [0.2, 0.25) is 0 Å². The van der Waals surface area contributed by atoms with Gasteiger partial charge in [0.1, 0.15) is 35.4 Å². The van der Waals surface area contributed by atoms with Crippen molar-refractivity contribution < 1.29 is 44.6 Å². The van der Waals surface area contributed by atoms with Gasteiger partial charge in [0.15, 0.2) is 23.1 Å². The normalized spacial score (nSPS) is 12.4. The van der Waals surface area contributed by atoms with E-state index in [1.807, 2.05) is 24.3 Å². The van der Waals surface area contributed by atoms with E-state index in [-0.39, 0.29) is 55.7 Å². The topological polar surface area (TPSA) is 114 Å². The van der Waals surface area contributed by atoms with E-state index in [1.54, 1.807) is 0 Å². The van der Waals surface area contributed by atoms with Gasteiger partial charge < -0.3 is 9.47 Å². The van der Waals surface area contributed by atoms with Crippen LogP contribution in [0.3, 0.4) is 0 Å². The summed E-state index contributed by atoms with van der Waals surface area (Å²) in [4.78, 5) is 0.751. The van der Waals surface area contributed by atoms with Crippen molar-refractivity contribution in [2.75, 3.05) is 0 Å². The molecule has 0 unspecified atom stereocenters. The molecular formula is C38H12F8N4O2S. The van der Waals surface area contributed by atoms with Gasteiger partial charge in [-0.25, -0.2) is 8.78 Å². The van der Waals surface area contributed by atoms with Crippen molar-refractivity contribution in [3.63, 3.8) is 0 Å². The fourth-order valence-electron chi connectivity index (χ4n) is 6.46. The lowest BCUT2D eigenvalue weighted by atomic mass is 9.93. The average molecular weight is 741 g/mol. The van der Waals surface area contributed by atoms with E-state index in [4.69, 9.17) is 0 Å². The average Bonchev–Trinajstić information content (AvgIpc) is 3.73. The Bertz CT molecular complexity index is 2470. The van der Waals surface area contributed by atoms with E-state index in [1.165, 1.54) is 48.5 Å². The molecular weight excluding hydrogens is 728 g/mol. The fourth-order valence-corrected chi connectivity index (χ4v) is 7.92. The first-order valence-corrected chi connectivity index (χ1v) is 15.7. The molecule has 6 nitrogen and oxygen atoms in total. The lowest BCUT2D eigenvalue weighted by Crippen LogP contribution is -2.18. The molecule has 0 fully saturated rings. The highest BCUT2D eigenvalue weighted by molar-refractivity contribution is 7.16. The van der Waals surface area contributed by atoms with Crippen molar-refractivity contribution in [3.8, 4) is 80.3 Å². The Labute approximate surface area is 297 Å². The molecule has 2 aliphatic rings. The van der Waals surface area contributed by atoms with E-state index in [2.05, 4.69) is 9.47 Å². The molecule has 0 aliphatic heterocycles. The molecule has 1 heterocycles. The Morgan fingerprint density at radius 1 is 0.509 bits per heavy atom. The number of nitriles is 4. The number of benzene rings is 4. The molecule has 0 spiro atoms. The molecule has 53 heavy (non-hydrogen) atoms. The van der Waals surface area contributed by atoms with Crippen LogP contribution in [-0.2, 0) is 0 Å². The minimum absolute atomic E-state index is 0.0917. The second-order valence-electron chi connectivity index (χ2n) is 11.3. The zero-order valence-electron chi connectivity index (χ0n) is 26.0. The molecule has 0 N–H and O–H groups in total.